The van der Waals surface area contributed by atoms with Gasteiger partial charge in [-0.2, -0.15) is 22.0 Å². The van der Waals surface area contributed by atoms with Crippen LogP contribution in [0.5, 0.6) is 11.5 Å². The molecular formula is C21H19F5O4. The minimum absolute atomic E-state index is 0.122. The molecule has 0 radical (unpaired) electrons. The number of hydrogen-bond donors (Lipinski definition) is 1. The van der Waals surface area contributed by atoms with Crippen molar-refractivity contribution >= 4 is 12.0 Å². The van der Waals surface area contributed by atoms with Gasteiger partial charge in [0, 0.05) is 12.5 Å². The van der Waals surface area contributed by atoms with Crippen LogP contribution in [0.4, 0.5) is 22.0 Å². The van der Waals surface area contributed by atoms with E-state index >= 15 is 0 Å². The molecule has 2 aromatic rings. The Morgan fingerprint density at radius 2 is 1.53 bits per heavy atom. The molecule has 0 fully saturated rings. The Labute approximate surface area is 169 Å². The van der Waals surface area contributed by atoms with E-state index in [4.69, 9.17) is 14.6 Å². The highest BCUT2D eigenvalue weighted by atomic mass is 19.4. The molecule has 0 atom stereocenters. The molecule has 9 heteroatoms. The maximum absolute atomic E-state index is 14.2. The van der Waals surface area contributed by atoms with Gasteiger partial charge in [0.2, 0.25) is 0 Å². The van der Waals surface area contributed by atoms with Crippen LogP contribution in [-0.4, -0.2) is 30.0 Å². The van der Waals surface area contributed by atoms with Crippen LogP contribution >= 0.6 is 0 Å². The minimum Gasteiger partial charge on any atom is -0.494 e. The molecule has 0 aliphatic carbocycles. The second-order valence-electron chi connectivity index (χ2n) is 6.37. The van der Waals surface area contributed by atoms with Crippen LogP contribution in [0.3, 0.4) is 0 Å². The van der Waals surface area contributed by atoms with E-state index in [1.54, 1.807) is 0 Å². The molecule has 0 aliphatic heterocycles. The maximum atomic E-state index is 14.2. The van der Waals surface area contributed by atoms with Crippen molar-refractivity contribution in [3.63, 3.8) is 0 Å². The number of rotatable bonds is 10. The molecule has 0 aromatic heterocycles. The number of aliphatic carboxylic acids is 1. The largest absolute Gasteiger partial charge is 0.494 e. The van der Waals surface area contributed by atoms with Gasteiger partial charge in [-0.1, -0.05) is 24.3 Å². The molecule has 2 rings (SSSR count). The Balaban J connectivity index is 1.86. The summed E-state index contributed by atoms with van der Waals surface area (Å²) in [4.78, 5) is 10.5. The van der Waals surface area contributed by atoms with Crippen molar-refractivity contribution in [2.24, 2.45) is 0 Å². The van der Waals surface area contributed by atoms with E-state index in [1.165, 1.54) is 54.6 Å². The van der Waals surface area contributed by atoms with Crippen LogP contribution in [0.1, 0.15) is 24.0 Å². The highest BCUT2D eigenvalue weighted by molar-refractivity contribution is 5.85. The smallest absolute Gasteiger partial charge is 0.401 e. The van der Waals surface area contributed by atoms with Gasteiger partial charge in [-0.15, -0.1) is 0 Å². The molecule has 30 heavy (non-hydrogen) atoms. The van der Waals surface area contributed by atoms with Crippen LogP contribution in [0, 0.1) is 0 Å². The lowest BCUT2D eigenvalue weighted by Crippen LogP contribution is -2.27. The molecule has 0 bridgehead atoms. The number of carboxylic acid groups (broad SMARTS) is 1. The molecule has 0 unspecified atom stereocenters. The van der Waals surface area contributed by atoms with Crippen molar-refractivity contribution in [1.82, 2.24) is 0 Å². The topological polar surface area (TPSA) is 55.8 Å². The van der Waals surface area contributed by atoms with E-state index in [2.05, 4.69) is 0 Å². The van der Waals surface area contributed by atoms with Crippen LogP contribution in [0.25, 0.3) is 6.08 Å². The molecule has 1 N–H and O–H groups in total. The van der Waals surface area contributed by atoms with Crippen LogP contribution in [-0.2, 0) is 11.2 Å². The average Bonchev–Trinajstić information content (AvgIpc) is 2.64. The summed E-state index contributed by atoms with van der Waals surface area (Å²) in [5, 5.41) is 8.57. The normalized spacial score (nSPS) is 12.2. The number of benzene rings is 2. The number of hydrogen-bond acceptors (Lipinski definition) is 3. The first-order valence-corrected chi connectivity index (χ1v) is 8.89. The summed E-state index contributed by atoms with van der Waals surface area (Å²) < 4.78 is 74.4. The van der Waals surface area contributed by atoms with Crippen molar-refractivity contribution in [3.05, 3.63) is 65.7 Å². The predicted molar refractivity (Wildman–Crippen MR) is 99.6 cm³/mol. The summed E-state index contributed by atoms with van der Waals surface area (Å²) in [5.41, 5.74) is 0.841. The van der Waals surface area contributed by atoms with Crippen molar-refractivity contribution in [2.75, 3.05) is 6.61 Å². The molecule has 0 saturated heterocycles. The average molecular weight is 430 g/mol. The van der Waals surface area contributed by atoms with E-state index in [-0.39, 0.29) is 30.1 Å². The molecule has 0 aliphatic rings. The van der Waals surface area contributed by atoms with Crippen LogP contribution in [0.15, 0.2) is 54.6 Å². The Kier molecular flexibility index (Phi) is 7.79. The standard InChI is InChI=1S/C21H19F5O4/c22-20(23,24)12-1-13-29-17-7-9-18(10-8-17)30-21(25,26)14-16-4-2-15(3-5-16)6-11-19(27)28/h2-11H,1,12-14H2,(H,27,28)/b11-6+. The second kappa shape index (κ2) is 10.1. The second-order valence-corrected chi connectivity index (χ2v) is 6.37. The highest BCUT2D eigenvalue weighted by Gasteiger charge is 2.32. The van der Waals surface area contributed by atoms with Gasteiger partial charge in [0.15, 0.2) is 0 Å². The number of halogens is 5. The van der Waals surface area contributed by atoms with E-state index in [0.717, 1.165) is 6.08 Å². The van der Waals surface area contributed by atoms with Gasteiger partial charge in [0.1, 0.15) is 11.5 Å². The zero-order chi connectivity index (χ0) is 22.2. The first-order valence-electron chi connectivity index (χ1n) is 8.89. The zero-order valence-corrected chi connectivity index (χ0v) is 15.7. The lowest BCUT2D eigenvalue weighted by molar-refractivity contribution is -0.174. The van der Waals surface area contributed by atoms with Gasteiger partial charge in [-0.3, -0.25) is 0 Å². The molecule has 4 nitrogen and oxygen atoms in total. The minimum atomic E-state index is -4.25. The predicted octanol–water partition coefficient (Wildman–Crippen LogP) is 5.72. The monoisotopic (exact) mass is 430 g/mol. The van der Waals surface area contributed by atoms with Crippen molar-refractivity contribution in [3.8, 4) is 11.5 Å². The fourth-order valence-electron chi connectivity index (χ4n) is 2.43. The van der Waals surface area contributed by atoms with Crippen molar-refractivity contribution in [1.29, 1.82) is 0 Å². The lowest BCUT2D eigenvalue weighted by Gasteiger charge is -2.18. The quantitative estimate of drug-likeness (QED) is 0.298. The van der Waals surface area contributed by atoms with E-state index in [0.29, 0.717) is 5.56 Å². The number of ether oxygens (including phenoxy) is 2. The third kappa shape index (κ3) is 8.93. The lowest BCUT2D eigenvalue weighted by atomic mass is 10.1. The summed E-state index contributed by atoms with van der Waals surface area (Å²) >= 11 is 0. The van der Waals surface area contributed by atoms with Crippen LogP contribution < -0.4 is 9.47 Å². The first-order chi connectivity index (χ1) is 14.0. The number of carboxylic acids is 1. The number of alkyl halides is 5. The Morgan fingerprint density at radius 3 is 2.10 bits per heavy atom. The Morgan fingerprint density at radius 1 is 0.933 bits per heavy atom. The summed E-state index contributed by atoms with van der Waals surface area (Å²) in [7, 11) is 0. The first kappa shape index (κ1) is 23.2. The fourth-order valence-corrected chi connectivity index (χ4v) is 2.43. The summed E-state index contributed by atoms with van der Waals surface area (Å²) in [6.07, 6.45) is -7.34. The van der Waals surface area contributed by atoms with Gasteiger partial charge in [0.05, 0.1) is 13.0 Å². The molecule has 0 spiro atoms. The number of carbonyl (C=O) groups is 1. The molecular weight excluding hydrogens is 411 g/mol. The van der Waals surface area contributed by atoms with E-state index in [9.17, 15) is 26.7 Å². The van der Waals surface area contributed by atoms with Gasteiger partial charge in [-0.05, 0) is 47.9 Å². The van der Waals surface area contributed by atoms with Gasteiger partial charge >= 0.3 is 18.3 Å². The SMILES string of the molecule is O=C(O)/C=C/c1ccc(CC(F)(F)Oc2ccc(OCCCC(F)(F)F)cc2)cc1. The third-order valence-electron chi connectivity index (χ3n) is 3.77. The third-order valence-corrected chi connectivity index (χ3v) is 3.77. The highest BCUT2D eigenvalue weighted by Crippen LogP contribution is 2.27. The molecule has 2 aromatic carbocycles. The van der Waals surface area contributed by atoms with Crippen LogP contribution in [0.2, 0.25) is 0 Å². The van der Waals surface area contributed by atoms with Gasteiger partial charge in [-0.25, -0.2) is 4.79 Å². The Hall–Kier alpha value is -3.10. The zero-order valence-electron chi connectivity index (χ0n) is 15.7. The summed E-state index contributed by atoms with van der Waals surface area (Å²) in [6, 6.07) is 11.1. The molecule has 0 amide bonds. The van der Waals surface area contributed by atoms with Gasteiger partial charge < -0.3 is 14.6 Å². The maximum Gasteiger partial charge on any atom is 0.401 e. The molecule has 0 heterocycles. The van der Waals surface area contributed by atoms with E-state index < -0.39 is 31.1 Å². The fraction of sp³-hybridized carbons (Fsp3) is 0.286. The van der Waals surface area contributed by atoms with Crippen molar-refractivity contribution < 1.29 is 41.3 Å². The van der Waals surface area contributed by atoms with E-state index in [1.807, 2.05) is 0 Å². The Bertz CT molecular complexity index is 843. The molecule has 162 valence electrons. The van der Waals surface area contributed by atoms with Gasteiger partial charge in [0.25, 0.3) is 0 Å². The summed E-state index contributed by atoms with van der Waals surface area (Å²) in [6.45, 7) is -0.145. The summed E-state index contributed by atoms with van der Waals surface area (Å²) in [5.74, 6) is -0.988. The molecule has 0 saturated carbocycles. The van der Waals surface area contributed by atoms with Crippen molar-refractivity contribution in [2.45, 2.75) is 31.5 Å².